The molecule has 0 bridgehead atoms. The van der Waals surface area contributed by atoms with Gasteiger partial charge in [0.15, 0.2) is 0 Å². The molecule has 0 aliphatic rings. The van der Waals surface area contributed by atoms with Gasteiger partial charge in [0.05, 0.1) is 5.00 Å². The zero-order valence-electron chi connectivity index (χ0n) is 12.6. The Kier molecular flexibility index (Phi) is 5.22. The molecule has 0 saturated heterocycles. The molecule has 0 unspecified atom stereocenters. The molecule has 1 aromatic heterocycles. The van der Waals surface area contributed by atoms with Crippen LogP contribution in [0, 0.1) is 6.92 Å². The van der Waals surface area contributed by atoms with Crippen molar-refractivity contribution in [2.45, 2.75) is 20.8 Å². The van der Waals surface area contributed by atoms with E-state index in [0.717, 1.165) is 29.3 Å². The molecule has 0 aliphatic carbocycles. The zero-order chi connectivity index (χ0) is 15.2. The Morgan fingerprint density at radius 3 is 2.52 bits per heavy atom. The van der Waals surface area contributed by atoms with Crippen LogP contribution in [0.25, 0.3) is 0 Å². The van der Waals surface area contributed by atoms with E-state index in [1.54, 1.807) is 0 Å². The molecule has 5 heteroatoms. The lowest BCUT2D eigenvalue weighted by Crippen LogP contribution is -2.22. The SMILES string of the molecule is CCN(CC)c1ccc(NC(=O)Nc2cccs2)c(C)c1. The molecular formula is C16H21N3OS. The van der Waals surface area contributed by atoms with Crippen LogP contribution in [0.15, 0.2) is 35.7 Å². The molecular weight excluding hydrogens is 282 g/mol. The number of anilines is 3. The van der Waals surface area contributed by atoms with Gasteiger partial charge in [0, 0.05) is 24.5 Å². The van der Waals surface area contributed by atoms with Crippen LogP contribution in [0.5, 0.6) is 0 Å². The van der Waals surface area contributed by atoms with Crippen molar-refractivity contribution in [1.29, 1.82) is 0 Å². The number of thiophene rings is 1. The number of hydrogen-bond donors (Lipinski definition) is 2. The molecule has 112 valence electrons. The number of carbonyl (C=O) groups excluding carboxylic acids is 1. The number of rotatable bonds is 5. The normalized spacial score (nSPS) is 10.2. The number of aryl methyl sites for hydroxylation is 1. The monoisotopic (exact) mass is 303 g/mol. The maximum absolute atomic E-state index is 11.9. The maximum atomic E-state index is 11.9. The molecule has 2 aromatic rings. The summed E-state index contributed by atoms with van der Waals surface area (Å²) in [5.41, 5.74) is 3.07. The van der Waals surface area contributed by atoms with Gasteiger partial charge in [-0.1, -0.05) is 0 Å². The summed E-state index contributed by atoms with van der Waals surface area (Å²) in [6.45, 7) is 8.23. The van der Waals surface area contributed by atoms with Crippen LogP contribution in [0.4, 0.5) is 21.2 Å². The summed E-state index contributed by atoms with van der Waals surface area (Å²) in [6, 6.07) is 9.67. The third-order valence-electron chi connectivity index (χ3n) is 3.34. The van der Waals surface area contributed by atoms with Gasteiger partial charge in [-0.15, -0.1) is 11.3 Å². The first-order chi connectivity index (χ1) is 10.1. The Morgan fingerprint density at radius 2 is 1.95 bits per heavy atom. The number of carbonyl (C=O) groups is 1. The quantitative estimate of drug-likeness (QED) is 0.851. The molecule has 0 saturated carbocycles. The van der Waals surface area contributed by atoms with Crippen molar-refractivity contribution < 1.29 is 4.79 Å². The first-order valence-electron chi connectivity index (χ1n) is 7.11. The fourth-order valence-corrected chi connectivity index (χ4v) is 2.80. The lowest BCUT2D eigenvalue weighted by atomic mass is 10.1. The number of urea groups is 1. The van der Waals surface area contributed by atoms with Gasteiger partial charge in [0.25, 0.3) is 0 Å². The van der Waals surface area contributed by atoms with E-state index in [1.807, 2.05) is 36.6 Å². The van der Waals surface area contributed by atoms with Gasteiger partial charge in [0.2, 0.25) is 0 Å². The lowest BCUT2D eigenvalue weighted by molar-refractivity contribution is 0.262. The number of nitrogens with zero attached hydrogens (tertiary/aromatic N) is 1. The van der Waals surface area contributed by atoms with E-state index in [0.29, 0.717) is 0 Å². The van der Waals surface area contributed by atoms with Crippen molar-refractivity contribution in [2.24, 2.45) is 0 Å². The zero-order valence-corrected chi connectivity index (χ0v) is 13.5. The molecule has 21 heavy (non-hydrogen) atoms. The minimum absolute atomic E-state index is 0.212. The highest BCUT2D eigenvalue weighted by molar-refractivity contribution is 7.14. The van der Waals surface area contributed by atoms with Crippen LogP contribution >= 0.6 is 11.3 Å². The summed E-state index contributed by atoms with van der Waals surface area (Å²) in [5, 5.41) is 8.47. The Hall–Kier alpha value is -2.01. The van der Waals surface area contributed by atoms with Crippen molar-refractivity contribution in [2.75, 3.05) is 28.6 Å². The highest BCUT2D eigenvalue weighted by Gasteiger charge is 2.08. The third-order valence-corrected chi connectivity index (χ3v) is 4.13. The largest absolute Gasteiger partial charge is 0.372 e. The van der Waals surface area contributed by atoms with E-state index < -0.39 is 0 Å². The summed E-state index contributed by atoms with van der Waals surface area (Å²) in [4.78, 5) is 14.2. The maximum Gasteiger partial charge on any atom is 0.324 e. The average molecular weight is 303 g/mol. The van der Waals surface area contributed by atoms with E-state index in [2.05, 4.69) is 35.4 Å². The number of amides is 2. The van der Waals surface area contributed by atoms with Gasteiger partial charge in [-0.25, -0.2) is 4.79 Å². The Bertz CT molecular complexity index is 592. The smallest absolute Gasteiger partial charge is 0.324 e. The Balaban J connectivity index is 2.05. The molecule has 0 spiro atoms. The van der Waals surface area contributed by atoms with Crippen molar-refractivity contribution >= 4 is 33.7 Å². The van der Waals surface area contributed by atoms with Gasteiger partial charge in [-0.05, 0) is 62.0 Å². The molecule has 2 N–H and O–H groups in total. The van der Waals surface area contributed by atoms with E-state index in [-0.39, 0.29) is 6.03 Å². The third kappa shape index (κ3) is 3.98. The van der Waals surface area contributed by atoms with E-state index in [4.69, 9.17) is 0 Å². The van der Waals surface area contributed by atoms with Crippen LogP contribution in [0.3, 0.4) is 0 Å². The topological polar surface area (TPSA) is 44.4 Å². The molecule has 1 aromatic carbocycles. The molecule has 1 heterocycles. The molecule has 0 aliphatic heterocycles. The molecule has 2 amide bonds. The number of hydrogen-bond acceptors (Lipinski definition) is 3. The second kappa shape index (κ2) is 7.13. The predicted molar refractivity (Wildman–Crippen MR) is 91.7 cm³/mol. The number of nitrogens with one attached hydrogen (secondary N) is 2. The van der Waals surface area contributed by atoms with Crippen molar-refractivity contribution in [3.63, 3.8) is 0 Å². The van der Waals surface area contributed by atoms with Gasteiger partial charge < -0.3 is 10.2 Å². The van der Waals surface area contributed by atoms with Gasteiger partial charge in [0.1, 0.15) is 0 Å². The lowest BCUT2D eigenvalue weighted by Gasteiger charge is -2.22. The van der Waals surface area contributed by atoms with Gasteiger partial charge in [-0.3, -0.25) is 5.32 Å². The van der Waals surface area contributed by atoms with Crippen LogP contribution in [-0.2, 0) is 0 Å². The standard InChI is InChI=1S/C16H21N3OS/c1-4-19(5-2)13-8-9-14(12(3)11-13)17-16(20)18-15-7-6-10-21-15/h6-11H,4-5H2,1-3H3,(H2,17,18,20). The number of benzene rings is 1. The van der Waals surface area contributed by atoms with E-state index >= 15 is 0 Å². The van der Waals surface area contributed by atoms with Gasteiger partial charge in [-0.2, -0.15) is 0 Å². The van der Waals surface area contributed by atoms with Crippen LogP contribution < -0.4 is 15.5 Å². The highest BCUT2D eigenvalue weighted by atomic mass is 32.1. The second-order valence-electron chi connectivity index (χ2n) is 4.73. The van der Waals surface area contributed by atoms with E-state index in [9.17, 15) is 4.79 Å². The van der Waals surface area contributed by atoms with Gasteiger partial charge >= 0.3 is 6.03 Å². The minimum Gasteiger partial charge on any atom is -0.372 e. The van der Waals surface area contributed by atoms with Crippen molar-refractivity contribution in [1.82, 2.24) is 0 Å². The first kappa shape index (κ1) is 15.4. The second-order valence-corrected chi connectivity index (χ2v) is 5.68. The van der Waals surface area contributed by atoms with Crippen molar-refractivity contribution in [3.8, 4) is 0 Å². The average Bonchev–Trinajstić information content (AvgIpc) is 2.96. The fourth-order valence-electron chi connectivity index (χ4n) is 2.19. The summed E-state index contributed by atoms with van der Waals surface area (Å²) >= 11 is 1.50. The fraction of sp³-hybridized carbons (Fsp3) is 0.312. The summed E-state index contributed by atoms with van der Waals surface area (Å²) in [5.74, 6) is 0. The predicted octanol–water partition coefficient (Wildman–Crippen LogP) is 4.55. The van der Waals surface area contributed by atoms with E-state index in [1.165, 1.54) is 17.0 Å². The van der Waals surface area contributed by atoms with Crippen LogP contribution in [0.2, 0.25) is 0 Å². The Labute approximate surface area is 129 Å². The van der Waals surface area contributed by atoms with Crippen LogP contribution in [0.1, 0.15) is 19.4 Å². The summed E-state index contributed by atoms with van der Waals surface area (Å²) < 4.78 is 0. The summed E-state index contributed by atoms with van der Waals surface area (Å²) in [6.07, 6.45) is 0. The molecule has 4 nitrogen and oxygen atoms in total. The van der Waals surface area contributed by atoms with Crippen LogP contribution in [-0.4, -0.2) is 19.1 Å². The minimum atomic E-state index is -0.212. The highest BCUT2D eigenvalue weighted by Crippen LogP contribution is 2.23. The molecule has 0 atom stereocenters. The molecule has 0 radical (unpaired) electrons. The molecule has 2 rings (SSSR count). The van der Waals surface area contributed by atoms with Crippen molar-refractivity contribution in [3.05, 3.63) is 41.3 Å². The summed E-state index contributed by atoms with van der Waals surface area (Å²) in [7, 11) is 0. The molecule has 0 fully saturated rings. The first-order valence-corrected chi connectivity index (χ1v) is 7.99. The Morgan fingerprint density at radius 1 is 1.19 bits per heavy atom.